The van der Waals surface area contributed by atoms with Gasteiger partial charge in [0.25, 0.3) is 0 Å². The minimum Gasteiger partial charge on any atom is -0.100 e. The van der Waals surface area contributed by atoms with Crippen molar-refractivity contribution < 1.29 is 0 Å². The van der Waals surface area contributed by atoms with E-state index in [-0.39, 0.29) is 0 Å². The van der Waals surface area contributed by atoms with E-state index in [4.69, 9.17) is 0 Å². The average Bonchev–Trinajstić information content (AvgIpc) is 1.93. The molecule has 0 unspecified atom stereocenters. The van der Waals surface area contributed by atoms with Crippen molar-refractivity contribution in [1.82, 2.24) is 0 Å². The highest BCUT2D eigenvalue weighted by atomic mass is 14.2. The Hall–Kier alpha value is -0.260. The monoisotopic (exact) mass is 166 g/mol. The summed E-state index contributed by atoms with van der Waals surface area (Å²) in [5.74, 6) is 0.961. The molecule has 0 spiro atoms. The van der Waals surface area contributed by atoms with E-state index in [0.717, 1.165) is 5.92 Å². The maximum absolute atomic E-state index is 4.00. The molecule has 0 aromatic rings. The smallest absolute Gasteiger partial charge is 0.0297 e. The average molecular weight is 166 g/mol. The van der Waals surface area contributed by atoms with E-state index in [1.54, 1.807) is 0 Å². The zero-order valence-corrected chi connectivity index (χ0v) is 8.44. The van der Waals surface area contributed by atoms with Crippen molar-refractivity contribution in [2.45, 2.75) is 58.3 Å². The molecule has 0 heteroatoms. The third kappa shape index (κ3) is 3.94. The first-order valence-corrected chi connectivity index (χ1v) is 5.43. The molecule has 0 saturated heterocycles. The molecular weight excluding hydrogens is 144 g/mol. The van der Waals surface area contributed by atoms with Crippen molar-refractivity contribution in [2.24, 2.45) is 5.92 Å². The van der Waals surface area contributed by atoms with Crippen molar-refractivity contribution >= 4 is 0 Å². The third-order valence-corrected chi connectivity index (χ3v) is 2.86. The van der Waals surface area contributed by atoms with Gasteiger partial charge in [-0.25, -0.2) is 0 Å². The molecular formula is C12H22. The lowest BCUT2D eigenvalue weighted by molar-refractivity contribution is 0.376. The van der Waals surface area contributed by atoms with Crippen molar-refractivity contribution in [1.29, 1.82) is 0 Å². The summed E-state index contributed by atoms with van der Waals surface area (Å²) in [6.45, 7) is 6.17. The summed E-state index contributed by atoms with van der Waals surface area (Å²) in [6.07, 6.45) is 11.5. The van der Waals surface area contributed by atoms with Gasteiger partial charge in [0.2, 0.25) is 0 Å². The zero-order chi connectivity index (χ0) is 8.81. The van der Waals surface area contributed by atoms with Gasteiger partial charge in [-0.05, 0) is 19.3 Å². The molecule has 1 aliphatic carbocycles. The van der Waals surface area contributed by atoms with Crippen LogP contribution < -0.4 is 0 Å². The molecule has 0 nitrogen and oxygen atoms in total. The summed E-state index contributed by atoms with van der Waals surface area (Å²) < 4.78 is 0. The molecule has 1 rings (SSSR count). The summed E-state index contributed by atoms with van der Waals surface area (Å²) in [4.78, 5) is 0. The topological polar surface area (TPSA) is 0 Å². The fourth-order valence-corrected chi connectivity index (χ4v) is 2.24. The SMILES string of the molecule is C=C(C)CC1CCCCCCC1. The van der Waals surface area contributed by atoms with Crippen LogP contribution in [0.2, 0.25) is 0 Å². The molecule has 12 heavy (non-hydrogen) atoms. The Kier molecular flexibility index (Phi) is 4.42. The molecule has 1 saturated carbocycles. The second kappa shape index (κ2) is 5.40. The van der Waals surface area contributed by atoms with Gasteiger partial charge in [0.05, 0.1) is 0 Å². The van der Waals surface area contributed by atoms with Crippen molar-refractivity contribution in [2.75, 3.05) is 0 Å². The number of allylic oxidation sites excluding steroid dienone is 1. The summed E-state index contributed by atoms with van der Waals surface area (Å²) in [5, 5.41) is 0. The molecule has 0 aliphatic heterocycles. The lowest BCUT2D eigenvalue weighted by atomic mass is 9.87. The van der Waals surface area contributed by atoms with Crippen molar-refractivity contribution in [3.8, 4) is 0 Å². The van der Waals surface area contributed by atoms with E-state index in [2.05, 4.69) is 13.5 Å². The van der Waals surface area contributed by atoms with E-state index < -0.39 is 0 Å². The fourth-order valence-electron chi connectivity index (χ4n) is 2.24. The third-order valence-electron chi connectivity index (χ3n) is 2.86. The largest absolute Gasteiger partial charge is 0.100 e. The predicted molar refractivity (Wildman–Crippen MR) is 55.2 cm³/mol. The Morgan fingerprint density at radius 1 is 1.08 bits per heavy atom. The molecule has 0 aromatic heterocycles. The van der Waals surface area contributed by atoms with Crippen LogP contribution in [0.25, 0.3) is 0 Å². The molecule has 1 aliphatic rings. The fraction of sp³-hybridized carbons (Fsp3) is 0.833. The Balaban J connectivity index is 2.24. The van der Waals surface area contributed by atoms with Crippen LogP contribution in [0, 0.1) is 5.92 Å². The van der Waals surface area contributed by atoms with Crippen LogP contribution in [0.1, 0.15) is 58.3 Å². The molecule has 0 heterocycles. The highest BCUT2D eigenvalue weighted by Crippen LogP contribution is 2.26. The quantitative estimate of drug-likeness (QED) is 0.536. The number of hydrogen-bond donors (Lipinski definition) is 0. The molecule has 70 valence electrons. The molecule has 0 amide bonds. The summed E-state index contributed by atoms with van der Waals surface area (Å²) in [7, 11) is 0. The van der Waals surface area contributed by atoms with Gasteiger partial charge < -0.3 is 0 Å². The number of hydrogen-bond acceptors (Lipinski definition) is 0. The molecule has 1 fully saturated rings. The van der Waals surface area contributed by atoms with Gasteiger partial charge in [-0.15, -0.1) is 6.58 Å². The zero-order valence-electron chi connectivity index (χ0n) is 8.44. The van der Waals surface area contributed by atoms with Gasteiger partial charge in [0.1, 0.15) is 0 Å². The molecule has 0 atom stereocenters. The first-order valence-electron chi connectivity index (χ1n) is 5.43. The predicted octanol–water partition coefficient (Wildman–Crippen LogP) is 4.31. The molecule has 0 N–H and O–H groups in total. The Morgan fingerprint density at radius 3 is 2.08 bits per heavy atom. The summed E-state index contributed by atoms with van der Waals surface area (Å²) >= 11 is 0. The lowest BCUT2D eigenvalue weighted by Gasteiger charge is -2.19. The first-order chi connectivity index (χ1) is 5.79. The van der Waals surface area contributed by atoms with E-state index >= 15 is 0 Å². The van der Waals surface area contributed by atoms with Crippen LogP contribution in [0.5, 0.6) is 0 Å². The van der Waals surface area contributed by atoms with Gasteiger partial charge in [-0.1, -0.05) is 50.5 Å². The van der Waals surface area contributed by atoms with E-state index in [1.807, 2.05) is 0 Å². The van der Waals surface area contributed by atoms with Gasteiger partial charge >= 0.3 is 0 Å². The van der Waals surface area contributed by atoms with E-state index in [1.165, 1.54) is 56.9 Å². The molecule has 0 aromatic carbocycles. The standard InChI is InChI=1S/C12H22/c1-11(2)10-12-8-6-4-3-5-7-9-12/h12H,1,3-10H2,2H3. The Morgan fingerprint density at radius 2 is 1.58 bits per heavy atom. The minimum atomic E-state index is 0.961. The van der Waals surface area contributed by atoms with Crippen LogP contribution in [-0.4, -0.2) is 0 Å². The second-order valence-electron chi connectivity index (χ2n) is 4.37. The van der Waals surface area contributed by atoms with Crippen LogP contribution in [0.3, 0.4) is 0 Å². The van der Waals surface area contributed by atoms with Crippen LogP contribution in [0.4, 0.5) is 0 Å². The van der Waals surface area contributed by atoms with Gasteiger partial charge in [-0.3, -0.25) is 0 Å². The highest BCUT2D eigenvalue weighted by molar-refractivity contribution is 4.90. The first kappa shape index (κ1) is 9.83. The van der Waals surface area contributed by atoms with Crippen molar-refractivity contribution in [3.63, 3.8) is 0 Å². The summed E-state index contributed by atoms with van der Waals surface area (Å²) in [5.41, 5.74) is 1.38. The van der Waals surface area contributed by atoms with E-state index in [9.17, 15) is 0 Å². The summed E-state index contributed by atoms with van der Waals surface area (Å²) in [6, 6.07) is 0. The maximum atomic E-state index is 4.00. The van der Waals surface area contributed by atoms with Gasteiger partial charge in [-0.2, -0.15) is 0 Å². The van der Waals surface area contributed by atoms with E-state index in [0.29, 0.717) is 0 Å². The van der Waals surface area contributed by atoms with Crippen molar-refractivity contribution in [3.05, 3.63) is 12.2 Å². The van der Waals surface area contributed by atoms with Gasteiger partial charge in [0, 0.05) is 0 Å². The molecule has 0 bridgehead atoms. The lowest BCUT2D eigenvalue weighted by Crippen LogP contribution is -2.03. The van der Waals surface area contributed by atoms with Crippen LogP contribution in [0.15, 0.2) is 12.2 Å². The normalized spacial score (nSPS) is 21.4. The molecule has 0 radical (unpaired) electrons. The van der Waals surface area contributed by atoms with Crippen LogP contribution in [-0.2, 0) is 0 Å². The maximum Gasteiger partial charge on any atom is -0.0297 e. The Bertz CT molecular complexity index is 127. The van der Waals surface area contributed by atoms with Gasteiger partial charge in [0.15, 0.2) is 0 Å². The minimum absolute atomic E-state index is 0.961. The number of rotatable bonds is 2. The highest BCUT2D eigenvalue weighted by Gasteiger charge is 2.10. The van der Waals surface area contributed by atoms with Crippen LogP contribution >= 0.6 is 0 Å². The Labute approximate surface area is 77.1 Å². The second-order valence-corrected chi connectivity index (χ2v) is 4.37.